The molecular formula is C10H6N2O2. The van der Waals surface area contributed by atoms with Crippen molar-refractivity contribution < 1.29 is 9.21 Å². The van der Waals surface area contributed by atoms with Crippen LogP contribution in [0.5, 0.6) is 0 Å². The van der Waals surface area contributed by atoms with E-state index >= 15 is 0 Å². The maximum absolute atomic E-state index is 11.3. The number of fused-ring (bicyclic) bond motifs is 1. The summed E-state index contributed by atoms with van der Waals surface area (Å²) < 4.78 is 5.15. The second-order valence-corrected chi connectivity index (χ2v) is 2.71. The third-order valence-corrected chi connectivity index (χ3v) is 1.90. The number of benzene rings is 1. The molecule has 1 N–H and O–H groups in total. The molecule has 2 rings (SSSR count). The second kappa shape index (κ2) is 3.23. The zero-order valence-corrected chi connectivity index (χ0v) is 7.15. The first-order valence-electron chi connectivity index (χ1n) is 3.98. The van der Waals surface area contributed by atoms with Crippen LogP contribution in [-0.2, 0) is 0 Å². The highest BCUT2D eigenvalue weighted by atomic mass is 16.3. The molecule has 0 spiro atoms. The van der Waals surface area contributed by atoms with Crippen LogP contribution in [0.15, 0.2) is 34.9 Å². The summed E-state index contributed by atoms with van der Waals surface area (Å²) in [6.07, 6.45) is 2.92. The minimum absolute atomic E-state index is 0.377. The van der Waals surface area contributed by atoms with E-state index in [-0.39, 0.29) is 0 Å². The molecule has 0 aliphatic rings. The lowest BCUT2D eigenvalue weighted by Gasteiger charge is -1.92. The Morgan fingerprint density at radius 1 is 1.43 bits per heavy atom. The number of furan rings is 1. The molecule has 0 unspecified atom stereocenters. The van der Waals surface area contributed by atoms with Crippen molar-refractivity contribution in [2.45, 2.75) is 0 Å². The summed E-state index contributed by atoms with van der Waals surface area (Å²) in [6, 6.07) is 7.16. The van der Waals surface area contributed by atoms with Gasteiger partial charge in [0.05, 0.1) is 5.56 Å². The maximum atomic E-state index is 11.3. The lowest BCUT2D eigenvalue weighted by atomic mass is 10.2. The molecule has 0 saturated carbocycles. The Balaban J connectivity index is 2.54. The van der Waals surface area contributed by atoms with Crippen molar-refractivity contribution in [3.63, 3.8) is 0 Å². The van der Waals surface area contributed by atoms with Crippen molar-refractivity contribution in [3.8, 4) is 6.19 Å². The normalized spacial score (nSPS) is 9.64. The molecule has 68 valence electrons. The molecule has 1 aromatic carbocycles. The number of amides is 1. The predicted molar refractivity (Wildman–Crippen MR) is 49.3 cm³/mol. The summed E-state index contributed by atoms with van der Waals surface area (Å²) in [4.78, 5) is 11.3. The highest BCUT2D eigenvalue weighted by molar-refractivity contribution is 6.06. The van der Waals surface area contributed by atoms with E-state index in [0.717, 1.165) is 0 Å². The zero-order chi connectivity index (χ0) is 9.97. The number of hydrogen-bond acceptors (Lipinski definition) is 3. The molecule has 1 amide bonds. The summed E-state index contributed by atoms with van der Waals surface area (Å²) >= 11 is 0. The second-order valence-electron chi connectivity index (χ2n) is 2.71. The molecule has 4 heteroatoms. The number of hydrogen-bond donors (Lipinski definition) is 1. The standard InChI is InChI=1S/C10H6N2O2/c11-6-12-10(13)8-5-14-9-4-2-1-3-7(8)9/h1-5H,(H,12,13). The van der Waals surface area contributed by atoms with Crippen LogP contribution < -0.4 is 5.32 Å². The Hall–Kier alpha value is -2.28. The fourth-order valence-electron chi connectivity index (χ4n) is 1.27. The fraction of sp³-hybridized carbons (Fsp3) is 0. The Bertz CT molecular complexity index is 522. The Morgan fingerprint density at radius 3 is 3.00 bits per heavy atom. The topological polar surface area (TPSA) is 66.0 Å². The Kier molecular flexibility index (Phi) is 1.92. The van der Waals surface area contributed by atoms with Crippen molar-refractivity contribution in [1.82, 2.24) is 5.32 Å². The van der Waals surface area contributed by atoms with Gasteiger partial charge in [0.25, 0.3) is 5.91 Å². The van der Waals surface area contributed by atoms with E-state index < -0.39 is 5.91 Å². The molecule has 0 radical (unpaired) electrons. The molecule has 0 aliphatic heterocycles. The van der Waals surface area contributed by atoms with E-state index in [0.29, 0.717) is 16.5 Å². The molecule has 0 atom stereocenters. The molecule has 2 aromatic rings. The highest BCUT2D eigenvalue weighted by Gasteiger charge is 2.11. The Morgan fingerprint density at radius 2 is 2.21 bits per heavy atom. The zero-order valence-electron chi connectivity index (χ0n) is 7.15. The number of rotatable bonds is 1. The van der Waals surface area contributed by atoms with Gasteiger partial charge in [0.1, 0.15) is 11.8 Å². The fourth-order valence-corrected chi connectivity index (χ4v) is 1.27. The minimum atomic E-state index is -0.447. The quantitative estimate of drug-likeness (QED) is 0.543. The third-order valence-electron chi connectivity index (χ3n) is 1.90. The van der Waals surface area contributed by atoms with Crippen molar-refractivity contribution in [3.05, 3.63) is 36.1 Å². The third kappa shape index (κ3) is 1.21. The van der Waals surface area contributed by atoms with Gasteiger partial charge in [-0.2, -0.15) is 5.26 Å². The van der Waals surface area contributed by atoms with Crippen molar-refractivity contribution in [1.29, 1.82) is 5.26 Å². The predicted octanol–water partition coefficient (Wildman–Crippen LogP) is 1.64. The minimum Gasteiger partial charge on any atom is -0.463 e. The first-order chi connectivity index (χ1) is 6.83. The van der Waals surface area contributed by atoms with Crippen LogP contribution in [0, 0.1) is 11.5 Å². The first kappa shape index (κ1) is 8.32. The monoisotopic (exact) mass is 186 g/mol. The van der Waals surface area contributed by atoms with Gasteiger partial charge in [-0.1, -0.05) is 18.2 Å². The van der Waals surface area contributed by atoms with E-state index in [1.165, 1.54) is 6.26 Å². The van der Waals surface area contributed by atoms with Crippen molar-refractivity contribution in [2.24, 2.45) is 0 Å². The van der Waals surface area contributed by atoms with Gasteiger partial charge in [-0.25, -0.2) is 0 Å². The van der Waals surface area contributed by atoms with Crippen LogP contribution in [-0.4, -0.2) is 5.91 Å². The molecule has 0 saturated heterocycles. The number of nitrogens with one attached hydrogen (secondary N) is 1. The molecule has 0 bridgehead atoms. The SMILES string of the molecule is N#CNC(=O)c1coc2ccccc12. The molecular weight excluding hydrogens is 180 g/mol. The molecule has 1 heterocycles. The average molecular weight is 186 g/mol. The lowest BCUT2D eigenvalue weighted by molar-refractivity contribution is 0.0973. The average Bonchev–Trinajstić information content (AvgIpc) is 2.61. The van der Waals surface area contributed by atoms with E-state index in [2.05, 4.69) is 0 Å². The van der Waals surface area contributed by atoms with Gasteiger partial charge in [-0.15, -0.1) is 0 Å². The highest BCUT2D eigenvalue weighted by Crippen LogP contribution is 2.20. The largest absolute Gasteiger partial charge is 0.463 e. The summed E-state index contributed by atoms with van der Waals surface area (Å²) in [7, 11) is 0. The summed E-state index contributed by atoms with van der Waals surface area (Å²) in [6.45, 7) is 0. The number of para-hydroxylation sites is 1. The number of nitriles is 1. The smallest absolute Gasteiger partial charge is 0.268 e. The Labute approximate surface area is 79.7 Å². The number of carbonyl (C=O) groups is 1. The lowest BCUT2D eigenvalue weighted by Crippen LogP contribution is -2.16. The molecule has 4 nitrogen and oxygen atoms in total. The van der Waals surface area contributed by atoms with E-state index in [1.54, 1.807) is 24.4 Å². The van der Waals surface area contributed by atoms with Gasteiger partial charge in [-0.05, 0) is 6.07 Å². The van der Waals surface area contributed by atoms with Gasteiger partial charge in [0.15, 0.2) is 6.19 Å². The van der Waals surface area contributed by atoms with Crippen LogP contribution in [0.1, 0.15) is 10.4 Å². The summed E-state index contributed by atoms with van der Waals surface area (Å²) in [5.41, 5.74) is 1.01. The number of nitrogens with zero attached hydrogens (tertiary/aromatic N) is 1. The van der Waals surface area contributed by atoms with Gasteiger partial charge in [0, 0.05) is 5.39 Å². The molecule has 0 fully saturated rings. The van der Waals surface area contributed by atoms with Gasteiger partial charge in [0.2, 0.25) is 0 Å². The molecule has 14 heavy (non-hydrogen) atoms. The summed E-state index contributed by atoms with van der Waals surface area (Å²) in [5.74, 6) is -0.447. The first-order valence-corrected chi connectivity index (χ1v) is 3.98. The van der Waals surface area contributed by atoms with Crippen LogP contribution >= 0.6 is 0 Å². The van der Waals surface area contributed by atoms with Crippen LogP contribution in [0.25, 0.3) is 11.0 Å². The van der Waals surface area contributed by atoms with E-state index in [4.69, 9.17) is 9.68 Å². The summed E-state index contributed by atoms with van der Waals surface area (Å²) in [5, 5.41) is 11.1. The van der Waals surface area contributed by atoms with Gasteiger partial charge >= 0.3 is 0 Å². The van der Waals surface area contributed by atoms with Crippen LogP contribution in [0.4, 0.5) is 0 Å². The van der Waals surface area contributed by atoms with Gasteiger partial charge < -0.3 is 4.42 Å². The van der Waals surface area contributed by atoms with Crippen LogP contribution in [0.3, 0.4) is 0 Å². The molecule has 1 aromatic heterocycles. The van der Waals surface area contributed by atoms with Gasteiger partial charge in [-0.3, -0.25) is 10.1 Å². The van der Waals surface area contributed by atoms with Crippen molar-refractivity contribution in [2.75, 3.05) is 0 Å². The van der Waals surface area contributed by atoms with E-state index in [9.17, 15) is 4.79 Å². The molecule has 0 aliphatic carbocycles. The van der Waals surface area contributed by atoms with Crippen LogP contribution in [0.2, 0.25) is 0 Å². The number of carbonyl (C=O) groups excluding carboxylic acids is 1. The maximum Gasteiger partial charge on any atom is 0.268 e. The van der Waals surface area contributed by atoms with E-state index in [1.807, 2.05) is 11.4 Å². The van der Waals surface area contributed by atoms with Crippen molar-refractivity contribution >= 4 is 16.9 Å².